The molecule has 0 bridgehead atoms. The number of carbonyl (C=O) groups excluding carboxylic acids is 2. The summed E-state index contributed by atoms with van der Waals surface area (Å²) in [5.74, 6) is -4.28. The number of allylic oxidation sites excluding steroid dienone is 2. The van der Waals surface area contributed by atoms with E-state index < -0.39 is 53.8 Å². The number of ether oxygens (including phenoxy) is 3. The Morgan fingerprint density at radius 1 is 0.854 bits per heavy atom. The van der Waals surface area contributed by atoms with Crippen molar-refractivity contribution in [2.45, 2.75) is 121 Å². The van der Waals surface area contributed by atoms with Crippen LogP contribution in [-0.4, -0.2) is 42.6 Å². The van der Waals surface area contributed by atoms with Gasteiger partial charge in [-0.25, -0.2) is 18.4 Å². The van der Waals surface area contributed by atoms with Gasteiger partial charge in [0.2, 0.25) is 5.60 Å². The lowest BCUT2D eigenvalue weighted by Crippen LogP contribution is -2.51. The van der Waals surface area contributed by atoms with E-state index in [9.17, 15) is 22.8 Å². The first kappa shape index (κ1) is 38.9. The average molecular weight is 679 g/mol. The predicted molar refractivity (Wildman–Crippen MR) is 176 cm³/mol. The van der Waals surface area contributed by atoms with Crippen LogP contribution in [0.15, 0.2) is 66.8 Å². The van der Waals surface area contributed by atoms with Gasteiger partial charge < -0.3 is 14.2 Å². The Morgan fingerprint density at radius 2 is 1.48 bits per heavy atom. The highest BCUT2D eigenvalue weighted by molar-refractivity contribution is 5.91. The van der Waals surface area contributed by atoms with E-state index in [0.717, 1.165) is 62.6 Å². The topological polar surface area (TPSA) is 61.8 Å². The molecule has 0 spiro atoms. The van der Waals surface area contributed by atoms with E-state index in [4.69, 9.17) is 9.47 Å². The number of unbranched alkanes of at least 4 members (excludes halogenated alkanes) is 10. The molecular weight excluding hydrogens is 631 g/mol. The number of hydrogen-bond donors (Lipinski definition) is 0. The molecule has 0 N–H and O–H groups in total. The fourth-order valence-corrected chi connectivity index (χ4v) is 5.46. The zero-order valence-electron chi connectivity index (χ0n) is 27.8. The molecule has 264 valence electrons. The van der Waals surface area contributed by atoms with Gasteiger partial charge in [0.25, 0.3) is 0 Å². The summed E-state index contributed by atoms with van der Waals surface area (Å²) in [5.41, 5.74) is -1.64. The molecule has 1 aliphatic rings. The van der Waals surface area contributed by atoms with Gasteiger partial charge in [-0.15, -0.1) is 0 Å². The van der Waals surface area contributed by atoms with Crippen LogP contribution in [0.4, 0.5) is 22.0 Å². The monoisotopic (exact) mass is 678 g/mol. The Hall–Kier alpha value is -3.53. The van der Waals surface area contributed by atoms with Crippen molar-refractivity contribution in [2.24, 2.45) is 0 Å². The van der Waals surface area contributed by atoms with Crippen molar-refractivity contribution in [3.8, 4) is 5.75 Å². The minimum atomic E-state index is -4.82. The summed E-state index contributed by atoms with van der Waals surface area (Å²) in [5, 5.41) is 0. The van der Waals surface area contributed by atoms with E-state index in [0.29, 0.717) is 24.5 Å². The SMILES string of the molecule is CCCCCCCCCCOC1(C(=O)Oc2ccc(C(=O)OC(CCCCCC)C(F)(F)F)c(F)c2)C=CC(c2ccccc2)=CC1F. The average Bonchev–Trinajstić information content (AvgIpc) is 3.06. The molecule has 0 saturated carbocycles. The lowest BCUT2D eigenvalue weighted by atomic mass is 9.87. The molecule has 10 heteroatoms. The second-order valence-corrected chi connectivity index (χ2v) is 12.2. The van der Waals surface area contributed by atoms with Crippen LogP contribution >= 0.6 is 0 Å². The normalized spacial score (nSPS) is 18.3. The van der Waals surface area contributed by atoms with Gasteiger partial charge in [-0.1, -0.05) is 114 Å². The second kappa shape index (κ2) is 19.5. The van der Waals surface area contributed by atoms with Crippen molar-refractivity contribution in [3.63, 3.8) is 0 Å². The molecule has 3 unspecified atom stereocenters. The summed E-state index contributed by atoms with van der Waals surface area (Å²) < 4.78 is 87.4. The molecule has 48 heavy (non-hydrogen) atoms. The first-order chi connectivity index (χ1) is 23.0. The number of carbonyl (C=O) groups is 2. The van der Waals surface area contributed by atoms with Gasteiger partial charge in [-0.3, -0.25) is 0 Å². The third kappa shape index (κ3) is 11.6. The predicted octanol–water partition coefficient (Wildman–Crippen LogP) is 10.7. The van der Waals surface area contributed by atoms with Gasteiger partial charge in [0.05, 0.1) is 5.56 Å². The number of alkyl halides is 4. The second-order valence-electron chi connectivity index (χ2n) is 12.2. The molecule has 0 aromatic heterocycles. The molecule has 1 aliphatic carbocycles. The summed E-state index contributed by atoms with van der Waals surface area (Å²) in [6.45, 7) is 4.14. The molecule has 0 heterocycles. The number of benzene rings is 2. The fraction of sp³-hybridized carbons (Fsp3) is 0.526. The molecule has 2 aromatic rings. The van der Waals surface area contributed by atoms with Crippen LogP contribution in [0.1, 0.15) is 113 Å². The lowest BCUT2D eigenvalue weighted by molar-refractivity contribution is -0.206. The Kier molecular flexibility index (Phi) is 15.8. The molecule has 0 radical (unpaired) electrons. The van der Waals surface area contributed by atoms with Crippen molar-refractivity contribution < 1.29 is 45.8 Å². The van der Waals surface area contributed by atoms with Crippen LogP contribution in [0, 0.1) is 5.82 Å². The Balaban J connectivity index is 1.71. The number of hydrogen-bond acceptors (Lipinski definition) is 5. The first-order valence-corrected chi connectivity index (χ1v) is 17.1. The van der Waals surface area contributed by atoms with Crippen LogP contribution in [0.3, 0.4) is 0 Å². The molecule has 0 amide bonds. The van der Waals surface area contributed by atoms with E-state index in [1.807, 2.05) is 13.0 Å². The van der Waals surface area contributed by atoms with E-state index >= 15 is 8.78 Å². The zero-order chi connectivity index (χ0) is 35.0. The molecular formula is C38H47F5O5. The first-order valence-electron chi connectivity index (χ1n) is 17.1. The van der Waals surface area contributed by atoms with Gasteiger partial charge >= 0.3 is 18.1 Å². The Bertz CT molecular complexity index is 1360. The smallest absolute Gasteiger partial charge is 0.425 e. The molecule has 0 saturated heterocycles. The maximum Gasteiger partial charge on any atom is 0.425 e. The largest absolute Gasteiger partial charge is 0.449 e. The third-order valence-corrected chi connectivity index (χ3v) is 8.32. The van der Waals surface area contributed by atoms with Gasteiger partial charge in [0.15, 0.2) is 12.3 Å². The van der Waals surface area contributed by atoms with Gasteiger partial charge in [-0.05, 0) is 54.7 Å². The number of rotatable bonds is 20. The van der Waals surface area contributed by atoms with Crippen molar-refractivity contribution in [1.29, 1.82) is 0 Å². The van der Waals surface area contributed by atoms with E-state index in [2.05, 4.69) is 11.7 Å². The summed E-state index contributed by atoms with van der Waals surface area (Å²) in [7, 11) is 0. The highest BCUT2D eigenvalue weighted by atomic mass is 19.4. The Morgan fingerprint density at radius 3 is 2.08 bits per heavy atom. The lowest BCUT2D eigenvalue weighted by Gasteiger charge is -2.33. The number of halogens is 5. The van der Waals surface area contributed by atoms with Crippen molar-refractivity contribution in [3.05, 3.63) is 83.7 Å². The van der Waals surface area contributed by atoms with Crippen molar-refractivity contribution in [1.82, 2.24) is 0 Å². The van der Waals surface area contributed by atoms with E-state index in [1.165, 1.54) is 25.0 Å². The molecule has 3 rings (SSSR count). The zero-order valence-corrected chi connectivity index (χ0v) is 27.8. The summed E-state index contributed by atoms with van der Waals surface area (Å²) in [6, 6.07) is 11.6. The van der Waals surface area contributed by atoms with Gasteiger partial charge in [-0.2, -0.15) is 13.2 Å². The summed E-state index contributed by atoms with van der Waals surface area (Å²) in [4.78, 5) is 26.1. The van der Waals surface area contributed by atoms with Crippen LogP contribution in [-0.2, 0) is 14.3 Å². The van der Waals surface area contributed by atoms with E-state index in [-0.39, 0.29) is 18.8 Å². The van der Waals surface area contributed by atoms with Crippen LogP contribution in [0.25, 0.3) is 5.57 Å². The summed E-state index contributed by atoms with van der Waals surface area (Å²) in [6.07, 6.45) is 4.99. The fourth-order valence-electron chi connectivity index (χ4n) is 5.46. The highest BCUT2D eigenvalue weighted by Crippen LogP contribution is 2.35. The standard InChI is InChI=1S/C38H47F5O5/c1-3-5-7-9-10-11-12-17-25-46-37(24-23-29(26-33(37)40)28-18-14-13-15-19-28)36(45)47-30-21-22-31(32(39)27-30)35(44)48-34(38(41,42)43)20-16-8-6-4-2/h13-15,18-19,21-24,26-27,33-34H,3-12,16-17,20,25H2,1-2H3. The maximum atomic E-state index is 16.0. The molecule has 2 aromatic carbocycles. The van der Waals surface area contributed by atoms with Crippen LogP contribution in [0.5, 0.6) is 5.75 Å². The Labute approximate surface area is 280 Å². The van der Waals surface area contributed by atoms with Gasteiger partial charge in [0.1, 0.15) is 11.6 Å². The van der Waals surface area contributed by atoms with E-state index in [1.54, 1.807) is 30.3 Å². The minimum Gasteiger partial charge on any atom is -0.449 e. The maximum absolute atomic E-state index is 16.0. The number of esters is 2. The molecule has 3 atom stereocenters. The van der Waals surface area contributed by atoms with Crippen LogP contribution < -0.4 is 4.74 Å². The van der Waals surface area contributed by atoms with Crippen LogP contribution in [0.2, 0.25) is 0 Å². The highest BCUT2D eigenvalue weighted by Gasteiger charge is 2.48. The van der Waals surface area contributed by atoms with Crippen molar-refractivity contribution >= 4 is 17.5 Å². The molecule has 5 nitrogen and oxygen atoms in total. The van der Waals surface area contributed by atoms with Crippen molar-refractivity contribution in [2.75, 3.05) is 6.61 Å². The molecule has 0 aliphatic heterocycles. The quantitative estimate of drug-likeness (QED) is 0.0604. The minimum absolute atomic E-state index is 0.0707. The molecule has 0 fully saturated rings. The summed E-state index contributed by atoms with van der Waals surface area (Å²) >= 11 is 0. The van der Waals surface area contributed by atoms with Gasteiger partial charge in [0, 0.05) is 12.7 Å². The third-order valence-electron chi connectivity index (χ3n) is 8.32.